The van der Waals surface area contributed by atoms with Crippen molar-refractivity contribution in [1.29, 1.82) is 0 Å². The van der Waals surface area contributed by atoms with Crippen molar-refractivity contribution in [2.75, 3.05) is 13.2 Å². The zero-order valence-electron chi connectivity index (χ0n) is 9.20. The molecule has 0 atom stereocenters. The molecule has 104 valence electrons. The number of hydrogen-bond donors (Lipinski definition) is 2. The fourth-order valence-corrected chi connectivity index (χ4v) is 3.57. The highest BCUT2D eigenvalue weighted by Gasteiger charge is 2.27. The molecule has 4 nitrogen and oxygen atoms in total. The summed E-state index contributed by atoms with van der Waals surface area (Å²) in [7, 11) is -3.89. The predicted octanol–water partition coefficient (Wildman–Crippen LogP) is 1.51. The molecule has 9 heteroatoms. The number of nitrogens with one attached hydrogen (secondary N) is 1. The fourth-order valence-electron chi connectivity index (χ4n) is 1.15. The van der Waals surface area contributed by atoms with Crippen molar-refractivity contribution in [2.45, 2.75) is 23.2 Å². The van der Waals surface area contributed by atoms with Gasteiger partial charge in [0.15, 0.2) is 0 Å². The van der Waals surface area contributed by atoms with E-state index in [1.165, 1.54) is 12.1 Å². The highest BCUT2D eigenvalue weighted by atomic mass is 32.2. The van der Waals surface area contributed by atoms with Crippen molar-refractivity contribution in [2.24, 2.45) is 0 Å². The van der Waals surface area contributed by atoms with E-state index in [2.05, 4.69) is 0 Å². The smallest absolute Gasteiger partial charge is 0.390 e. The van der Waals surface area contributed by atoms with Crippen molar-refractivity contribution >= 4 is 21.4 Å². The Balaban J connectivity index is 2.62. The van der Waals surface area contributed by atoms with E-state index in [9.17, 15) is 21.6 Å². The van der Waals surface area contributed by atoms with Gasteiger partial charge in [-0.3, -0.25) is 0 Å². The minimum absolute atomic E-state index is 0.0480. The standard InChI is InChI=1S/C9H12F3NO3S2/c10-9(11,12)4-5-13-18(15,16)8-2-1-7(17-8)3-6-14/h1-2,13-14H,3-6H2. The Labute approximate surface area is 106 Å². The Hall–Kier alpha value is -0.640. The van der Waals surface area contributed by atoms with Gasteiger partial charge in [0.2, 0.25) is 10.0 Å². The van der Waals surface area contributed by atoms with Crippen LogP contribution in [0.1, 0.15) is 11.3 Å². The van der Waals surface area contributed by atoms with Gasteiger partial charge >= 0.3 is 6.18 Å². The molecule has 1 rings (SSSR count). The summed E-state index contributed by atoms with van der Waals surface area (Å²) in [5.41, 5.74) is 0. The van der Waals surface area contributed by atoms with Crippen LogP contribution in [-0.4, -0.2) is 32.9 Å². The third-order valence-electron chi connectivity index (χ3n) is 1.96. The number of halogens is 3. The van der Waals surface area contributed by atoms with E-state index < -0.39 is 29.2 Å². The van der Waals surface area contributed by atoms with Gasteiger partial charge in [-0.05, 0) is 12.1 Å². The number of alkyl halides is 3. The highest BCUT2D eigenvalue weighted by molar-refractivity contribution is 7.91. The van der Waals surface area contributed by atoms with Gasteiger partial charge < -0.3 is 5.11 Å². The van der Waals surface area contributed by atoms with Crippen molar-refractivity contribution in [3.8, 4) is 0 Å². The lowest BCUT2D eigenvalue weighted by atomic mass is 10.4. The summed E-state index contributed by atoms with van der Waals surface area (Å²) in [5.74, 6) is 0. The molecule has 0 amide bonds. The number of aliphatic hydroxyl groups is 1. The molecule has 0 aliphatic carbocycles. The van der Waals surface area contributed by atoms with E-state index >= 15 is 0 Å². The largest absolute Gasteiger partial charge is 0.396 e. The summed E-state index contributed by atoms with van der Waals surface area (Å²) in [4.78, 5) is 0.661. The number of rotatable bonds is 6. The molecule has 18 heavy (non-hydrogen) atoms. The summed E-state index contributed by atoms with van der Waals surface area (Å²) in [6.45, 7) is -0.791. The van der Waals surface area contributed by atoms with Gasteiger partial charge in [-0.1, -0.05) is 0 Å². The predicted molar refractivity (Wildman–Crippen MR) is 61.0 cm³/mol. The first-order chi connectivity index (χ1) is 8.24. The van der Waals surface area contributed by atoms with Gasteiger partial charge in [-0.2, -0.15) is 13.2 Å². The molecule has 1 heterocycles. The van der Waals surface area contributed by atoms with Crippen LogP contribution in [0, 0.1) is 0 Å². The quantitative estimate of drug-likeness (QED) is 0.837. The van der Waals surface area contributed by atoms with E-state index in [1.54, 1.807) is 0 Å². The lowest BCUT2D eigenvalue weighted by molar-refractivity contribution is -0.132. The Morgan fingerprint density at radius 1 is 1.33 bits per heavy atom. The minimum Gasteiger partial charge on any atom is -0.396 e. The van der Waals surface area contributed by atoms with E-state index in [0.29, 0.717) is 11.3 Å². The maximum absolute atomic E-state index is 11.9. The summed E-state index contributed by atoms with van der Waals surface area (Å²) in [5, 5.41) is 8.68. The van der Waals surface area contributed by atoms with Crippen molar-refractivity contribution < 1.29 is 26.7 Å². The Kier molecular flexibility index (Phi) is 5.14. The molecule has 0 unspecified atom stereocenters. The molecule has 0 aliphatic rings. The van der Waals surface area contributed by atoms with Crippen LogP contribution >= 0.6 is 11.3 Å². The molecule has 1 aromatic rings. The van der Waals surface area contributed by atoms with Crippen LogP contribution in [0.3, 0.4) is 0 Å². The summed E-state index contributed by atoms with van der Waals surface area (Å²) in [6.07, 6.45) is -5.27. The zero-order chi connectivity index (χ0) is 13.8. The molecule has 0 aromatic carbocycles. The minimum atomic E-state index is -4.39. The van der Waals surface area contributed by atoms with Gasteiger partial charge in [-0.15, -0.1) is 11.3 Å². The third kappa shape index (κ3) is 4.92. The maximum atomic E-state index is 11.9. The highest BCUT2D eigenvalue weighted by Crippen LogP contribution is 2.23. The first kappa shape index (κ1) is 15.4. The molecule has 2 N–H and O–H groups in total. The van der Waals surface area contributed by atoms with Crippen molar-refractivity contribution in [1.82, 2.24) is 4.72 Å². The lowest BCUT2D eigenvalue weighted by Gasteiger charge is -2.07. The van der Waals surface area contributed by atoms with E-state index in [0.717, 1.165) is 11.3 Å². The first-order valence-electron chi connectivity index (χ1n) is 5.00. The molecule has 0 spiro atoms. The number of sulfonamides is 1. The third-order valence-corrected chi connectivity index (χ3v) is 5.06. The van der Waals surface area contributed by atoms with Crippen LogP contribution < -0.4 is 4.72 Å². The number of aliphatic hydroxyl groups excluding tert-OH is 1. The van der Waals surface area contributed by atoms with Crippen LogP contribution in [0.25, 0.3) is 0 Å². The second-order valence-corrected chi connectivity index (χ2v) is 6.62. The van der Waals surface area contributed by atoms with Crippen LogP contribution in [0.4, 0.5) is 13.2 Å². The molecule has 0 fully saturated rings. The van der Waals surface area contributed by atoms with Gasteiger partial charge in [0.05, 0.1) is 6.42 Å². The van der Waals surface area contributed by atoms with Crippen molar-refractivity contribution in [3.05, 3.63) is 17.0 Å². The van der Waals surface area contributed by atoms with Crippen LogP contribution in [0.15, 0.2) is 16.3 Å². The lowest BCUT2D eigenvalue weighted by Crippen LogP contribution is -2.27. The van der Waals surface area contributed by atoms with E-state index in [1.807, 2.05) is 4.72 Å². The average Bonchev–Trinajstić information content (AvgIpc) is 2.65. The Morgan fingerprint density at radius 2 is 2.00 bits per heavy atom. The maximum Gasteiger partial charge on any atom is 0.390 e. The first-order valence-corrected chi connectivity index (χ1v) is 7.30. The second kappa shape index (κ2) is 6.00. The molecule has 0 bridgehead atoms. The molecular weight excluding hydrogens is 291 g/mol. The molecule has 0 saturated heterocycles. The monoisotopic (exact) mass is 303 g/mol. The van der Waals surface area contributed by atoms with Gasteiger partial charge in [0.1, 0.15) is 4.21 Å². The normalized spacial score (nSPS) is 12.9. The molecule has 0 radical (unpaired) electrons. The number of thiophene rings is 1. The van der Waals surface area contributed by atoms with Crippen LogP contribution in [0.2, 0.25) is 0 Å². The Bertz CT molecular complexity index is 481. The molecule has 0 saturated carbocycles. The molecular formula is C9H12F3NO3S2. The number of hydrogen-bond acceptors (Lipinski definition) is 4. The van der Waals surface area contributed by atoms with Gasteiger partial charge in [0, 0.05) is 24.4 Å². The fraction of sp³-hybridized carbons (Fsp3) is 0.556. The van der Waals surface area contributed by atoms with Gasteiger partial charge in [0.25, 0.3) is 0 Å². The van der Waals surface area contributed by atoms with E-state index in [-0.39, 0.29) is 10.8 Å². The van der Waals surface area contributed by atoms with E-state index in [4.69, 9.17) is 5.11 Å². The van der Waals surface area contributed by atoms with Crippen LogP contribution in [-0.2, 0) is 16.4 Å². The summed E-state index contributed by atoms with van der Waals surface area (Å²) in [6, 6.07) is 2.84. The topological polar surface area (TPSA) is 66.4 Å². The second-order valence-electron chi connectivity index (χ2n) is 3.46. The average molecular weight is 303 g/mol. The summed E-state index contributed by atoms with van der Waals surface area (Å²) >= 11 is 0.931. The SMILES string of the molecule is O=S(=O)(NCCC(F)(F)F)c1ccc(CCO)s1. The molecule has 0 aliphatic heterocycles. The Morgan fingerprint density at radius 3 is 2.56 bits per heavy atom. The van der Waals surface area contributed by atoms with Crippen molar-refractivity contribution in [3.63, 3.8) is 0 Å². The van der Waals surface area contributed by atoms with Gasteiger partial charge in [-0.25, -0.2) is 13.1 Å². The molecule has 1 aromatic heterocycles. The summed E-state index contributed by atoms with van der Waals surface area (Å²) < 4.78 is 60.7. The zero-order valence-corrected chi connectivity index (χ0v) is 10.8. The van der Waals surface area contributed by atoms with Crippen LogP contribution in [0.5, 0.6) is 0 Å².